The van der Waals surface area contributed by atoms with Crippen molar-refractivity contribution in [3.63, 3.8) is 0 Å². The summed E-state index contributed by atoms with van der Waals surface area (Å²) in [6, 6.07) is 8.52. The maximum absolute atomic E-state index is 10.6. The molecule has 19 heavy (non-hydrogen) atoms. The molecule has 0 aromatic heterocycles. The molecule has 0 amide bonds. The first-order valence-corrected chi connectivity index (χ1v) is 6.96. The van der Waals surface area contributed by atoms with Crippen molar-refractivity contribution in [2.75, 3.05) is 7.11 Å². The van der Waals surface area contributed by atoms with Crippen LogP contribution in [0.5, 0.6) is 0 Å². The molecule has 3 heteroatoms. The first kappa shape index (κ1) is 12.6. The lowest BCUT2D eigenvalue weighted by molar-refractivity contribution is 0.0807. The van der Waals surface area contributed by atoms with Crippen molar-refractivity contribution in [1.82, 2.24) is 0 Å². The molecule has 0 N–H and O–H groups in total. The quantitative estimate of drug-likeness (QED) is 0.600. The zero-order valence-electron chi connectivity index (χ0n) is 11.3. The van der Waals surface area contributed by atoms with Gasteiger partial charge in [0.2, 0.25) is 6.08 Å². The Morgan fingerprint density at radius 1 is 1.21 bits per heavy atom. The maximum atomic E-state index is 10.6. The summed E-state index contributed by atoms with van der Waals surface area (Å²) in [4.78, 5) is 14.6. The molecule has 3 rings (SSSR count). The second-order valence-electron chi connectivity index (χ2n) is 5.85. The van der Waals surface area contributed by atoms with Crippen molar-refractivity contribution in [2.24, 2.45) is 4.99 Å². The number of aliphatic imine (C=N–C) groups is 1. The molecule has 1 aromatic rings. The number of carbonyl (C=O) groups excluding carboxylic acids is 1. The molecular formula is C16H19NO2. The molecular weight excluding hydrogens is 238 g/mol. The molecule has 2 aliphatic carbocycles. The number of hydrogen-bond acceptors (Lipinski definition) is 3. The van der Waals surface area contributed by atoms with E-state index in [1.54, 1.807) is 13.2 Å². The molecule has 0 heterocycles. The Bertz CT molecular complexity index is 506. The minimum atomic E-state index is -0.279. The first-order valence-electron chi connectivity index (χ1n) is 6.96. The van der Waals surface area contributed by atoms with E-state index in [0.29, 0.717) is 0 Å². The zero-order valence-corrected chi connectivity index (χ0v) is 11.3. The van der Waals surface area contributed by atoms with Crippen LogP contribution in [-0.4, -0.2) is 18.8 Å². The Labute approximate surface area is 113 Å². The second-order valence-corrected chi connectivity index (χ2v) is 5.85. The summed E-state index contributed by atoms with van der Waals surface area (Å²) in [5.74, 6) is 0. The number of benzene rings is 1. The van der Waals surface area contributed by atoms with Gasteiger partial charge in [-0.3, -0.25) is 0 Å². The van der Waals surface area contributed by atoms with E-state index in [0.717, 1.165) is 44.1 Å². The number of ether oxygens (including phenoxy) is 1. The van der Waals surface area contributed by atoms with Crippen LogP contribution in [0.15, 0.2) is 29.3 Å². The molecule has 0 atom stereocenters. The summed E-state index contributed by atoms with van der Waals surface area (Å²) < 4.78 is 5.55. The van der Waals surface area contributed by atoms with Crippen LogP contribution in [-0.2, 0) is 21.5 Å². The average Bonchev–Trinajstić information content (AvgIpc) is 3.15. The normalized spacial score (nSPS) is 22.2. The summed E-state index contributed by atoms with van der Waals surface area (Å²) in [7, 11) is 1.80. The molecule has 2 fully saturated rings. The first-order chi connectivity index (χ1) is 9.22. The smallest absolute Gasteiger partial charge is 0.235 e. The topological polar surface area (TPSA) is 38.7 Å². The molecule has 2 saturated carbocycles. The van der Waals surface area contributed by atoms with E-state index in [9.17, 15) is 4.79 Å². The zero-order chi connectivity index (χ0) is 13.3. The van der Waals surface area contributed by atoms with Crippen molar-refractivity contribution in [3.05, 3.63) is 35.4 Å². The standard InChI is InChI=1S/C16H19NO2/c1-19-15(9-10-15)11-13-3-5-14(6-4-13)16(17-12-18)7-2-8-16/h3-6H,2,7-11H2,1H3. The van der Waals surface area contributed by atoms with Gasteiger partial charge >= 0.3 is 0 Å². The Morgan fingerprint density at radius 3 is 2.32 bits per heavy atom. The van der Waals surface area contributed by atoms with E-state index >= 15 is 0 Å². The maximum Gasteiger partial charge on any atom is 0.235 e. The van der Waals surface area contributed by atoms with Gasteiger partial charge in [-0.15, -0.1) is 0 Å². The fraction of sp³-hybridized carbons (Fsp3) is 0.562. The molecule has 100 valence electrons. The SMILES string of the molecule is COC1(Cc2ccc(C3(N=C=O)CCC3)cc2)CC1. The molecule has 0 radical (unpaired) electrons. The van der Waals surface area contributed by atoms with Crippen LogP contribution in [0.3, 0.4) is 0 Å². The number of nitrogens with zero attached hydrogens (tertiary/aromatic N) is 1. The summed E-state index contributed by atoms with van der Waals surface area (Å²) in [6.45, 7) is 0. The van der Waals surface area contributed by atoms with Gasteiger partial charge in [0.25, 0.3) is 0 Å². The number of methoxy groups -OCH3 is 1. The van der Waals surface area contributed by atoms with Crippen LogP contribution in [0.25, 0.3) is 0 Å². The van der Waals surface area contributed by atoms with Gasteiger partial charge in [0.15, 0.2) is 0 Å². The van der Waals surface area contributed by atoms with Crippen LogP contribution in [0.1, 0.15) is 43.2 Å². The number of isocyanates is 1. The lowest BCUT2D eigenvalue weighted by atomic mass is 9.72. The Kier molecular flexibility index (Phi) is 3.04. The fourth-order valence-corrected chi connectivity index (χ4v) is 2.96. The van der Waals surface area contributed by atoms with Crippen molar-refractivity contribution in [2.45, 2.75) is 49.7 Å². The molecule has 0 bridgehead atoms. The summed E-state index contributed by atoms with van der Waals surface area (Å²) in [5, 5.41) is 0. The molecule has 0 spiro atoms. The predicted octanol–water partition coefficient (Wildman–Crippen LogP) is 3.12. The third-order valence-corrected chi connectivity index (χ3v) is 4.70. The van der Waals surface area contributed by atoms with Crippen LogP contribution in [0, 0.1) is 0 Å². The van der Waals surface area contributed by atoms with Crippen molar-refractivity contribution < 1.29 is 9.53 Å². The molecule has 2 aliphatic rings. The minimum absolute atomic E-state index is 0.0939. The van der Waals surface area contributed by atoms with Crippen molar-refractivity contribution in [3.8, 4) is 0 Å². The monoisotopic (exact) mass is 257 g/mol. The van der Waals surface area contributed by atoms with Gasteiger partial charge in [-0.2, -0.15) is 4.99 Å². The molecule has 0 saturated heterocycles. The van der Waals surface area contributed by atoms with E-state index in [4.69, 9.17) is 4.74 Å². The van der Waals surface area contributed by atoms with E-state index in [-0.39, 0.29) is 11.1 Å². The summed E-state index contributed by atoms with van der Waals surface area (Å²) in [5.41, 5.74) is 2.26. The van der Waals surface area contributed by atoms with Crippen molar-refractivity contribution >= 4 is 6.08 Å². The van der Waals surface area contributed by atoms with Crippen LogP contribution < -0.4 is 0 Å². The van der Waals surface area contributed by atoms with Crippen molar-refractivity contribution in [1.29, 1.82) is 0 Å². The highest BCUT2D eigenvalue weighted by atomic mass is 16.5. The lowest BCUT2D eigenvalue weighted by Crippen LogP contribution is -2.31. The van der Waals surface area contributed by atoms with Crippen LogP contribution >= 0.6 is 0 Å². The fourth-order valence-electron chi connectivity index (χ4n) is 2.96. The number of rotatable bonds is 5. The highest BCUT2D eigenvalue weighted by Crippen LogP contribution is 2.45. The Balaban J connectivity index is 1.77. The van der Waals surface area contributed by atoms with Gasteiger partial charge in [-0.1, -0.05) is 24.3 Å². The third kappa shape index (κ3) is 2.24. The van der Waals surface area contributed by atoms with E-state index in [1.807, 2.05) is 0 Å². The van der Waals surface area contributed by atoms with Gasteiger partial charge in [-0.25, -0.2) is 4.79 Å². The predicted molar refractivity (Wildman–Crippen MR) is 72.8 cm³/mol. The average molecular weight is 257 g/mol. The summed E-state index contributed by atoms with van der Waals surface area (Å²) in [6.07, 6.45) is 8.09. The van der Waals surface area contributed by atoms with Gasteiger partial charge < -0.3 is 4.74 Å². The minimum Gasteiger partial charge on any atom is -0.378 e. The Morgan fingerprint density at radius 2 is 1.89 bits per heavy atom. The lowest BCUT2D eigenvalue weighted by Gasteiger charge is -2.37. The molecule has 0 aliphatic heterocycles. The van der Waals surface area contributed by atoms with Gasteiger partial charge in [-0.05, 0) is 43.2 Å². The highest BCUT2D eigenvalue weighted by molar-refractivity contribution is 5.40. The van der Waals surface area contributed by atoms with E-state index in [2.05, 4.69) is 29.3 Å². The van der Waals surface area contributed by atoms with Gasteiger partial charge in [0.1, 0.15) is 0 Å². The Hall–Kier alpha value is -1.44. The number of hydrogen-bond donors (Lipinski definition) is 0. The highest BCUT2D eigenvalue weighted by Gasteiger charge is 2.43. The largest absolute Gasteiger partial charge is 0.378 e. The van der Waals surface area contributed by atoms with Gasteiger partial charge in [0.05, 0.1) is 11.1 Å². The molecule has 0 unspecified atom stereocenters. The summed E-state index contributed by atoms with van der Waals surface area (Å²) >= 11 is 0. The molecule has 3 nitrogen and oxygen atoms in total. The van der Waals surface area contributed by atoms with E-state index in [1.165, 1.54) is 5.56 Å². The second kappa shape index (κ2) is 4.59. The van der Waals surface area contributed by atoms with Crippen LogP contribution in [0.4, 0.5) is 0 Å². The molecule has 1 aromatic carbocycles. The third-order valence-electron chi connectivity index (χ3n) is 4.70. The van der Waals surface area contributed by atoms with Crippen LogP contribution in [0.2, 0.25) is 0 Å². The van der Waals surface area contributed by atoms with Gasteiger partial charge in [0, 0.05) is 13.5 Å². The van der Waals surface area contributed by atoms with E-state index < -0.39 is 0 Å².